The Morgan fingerprint density at radius 1 is 1.24 bits per heavy atom. The van der Waals surface area contributed by atoms with Gasteiger partial charge in [0.2, 0.25) is 5.91 Å². The van der Waals surface area contributed by atoms with Crippen molar-refractivity contribution in [3.05, 3.63) is 41.1 Å². The van der Waals surface area contributed by atoms with Crippen LogP contribution in [0.4, 0.5) is 10.6 Å². The number of aromatic amines is 1. The van der Waals surface area contributed by atoms with Gasteiger partial charge in [-0.25, -0.2) is 13.2 Å². The van der Waals surface area contributed by atoms with Gasteiger partial charge in [-0.2, -0.15) is 5.10 Å². The Labute approximate surface area is 194 Å². The number of amides is 2. The summed E-state index contributed by atoms with van der Waals surface area (Å²) in [4.78, 5) is 24.3. The second kappa shape index (κ2) is 10.8. The van der Waals surface area contributed by atoms with Crippen molar-refractivity contribution < 1.29 is 22.7 Å². The summed E-state index contributed by atoms with van der Waals surface area (Å²) >= 11 is 0. The molecule has 0 spiro atoms. The van der Waals surface area contributed by atoms with E-state index in [4.69, 9.17) is 4.74 Å². The van der Waals surface area contributed by atoms with Crippen molar-refractivity contribution in [3.63, 3.8) is 0 Å². The molecule has 0 bridgehead atoms. The lowest BCUT2D eigenvalue weighted by molar-refractivity contribution is -0.115. The number of anilines is 1. The molecule has 1 aromatic carbocycles. The minimum atomic E-state index is -3.43. The molecule has 1 unspecified atom stereocenters. The van der Waals surface area contributed by atoms with Gasteiger partial charge in [0.1, 0.15) is 0 Å². The zero-order valence-electron chi connectivity index (χ0n) is 19.3. The summed E-state index contributed by atoms with van der Waals surface area (Å²) in [6.45, 7) is 4.83. The van der Waals surface area contributed by atoms with Gasteiger partial charge >= 0.3 is 6.09 Å². The van der Waals surface area contributed by atoms with E-state index in [-0.39, 0.29) is 29.2 Å². The van der Waals surface area contributed by atoms with Crippen molar-refractivity contribution >= 4 is 27.7 Å². The lowest BCUT2D eigenvalue weighted by Crippen LogP contribution is -2.26. The van der Waals surface area contributed by atoms with Crippen LogP contribution in [-0.2, 0) is 25.8 Å². The van der Waals surface area contributed by atoms with Gasteiger partial charge < -0.3 is 15.4 Å². The molecule has 2 aromatic rings. The van der Waals surface area contributed by atoms with Crippen LogP contribution >= 0.6 is 0 Å². The lowest BCUT2D eigenvalue weighted by Gasteiger charge is -2.11. The SMILES string of the molecule is CCCNC(=O)OCC1CC[C@H](c2cc(NC(=O)Cc3cc(C)ccc3S(C)(=O)=O)n[nH]2)C1. The number of carbonyl (C=O) groups excluding carboxylic acids is 2. The van der Waals surface area contributed by atoms with E-state index >= 15 is 0 Å². The maximum absolute atomic E-state index is 12.6. The highest BCUT2D eigenvalue weighted by molar-refractivity contribution is 7.90. The summed E-state index contributed by atoms with van der Waals surface area (Å²) in [6.07, 6.45) is 4.33. The first kappa shape index (κ1) is 24.8. The Hall–Kier alpha value is -2.88. The van der Waals surface area contributed by atoms with E-state index in [1.165, 1.54) is 6.07 Å². The van der Waals surface area contributed by atoms with Crippen molar-refractivity contribution in [3.8, 4) is 0 Å². The molecule has 3 rings (SSSR count). The van der Waals surface area contributed by atoms with Gasteiger partial charge in [-0.05, 0) is 50.2 Å². The van der Waals surface area contributed by atoms with Crippen LogP contribution in [0.5, 0.6) is 0 Å². The number of nitrogens with zero attached hydrogens (tertiary/aromatic N) is 1. The van der Waals surface area contributed by atoms with E-state index in [1.54, 1.807) is 12.1 Å². The molecule has 0 aliphatic heterocycles. The summed E-state index contributed by atoms with van der Waals surface area (Å²) in [7, 11) is -3.43. The summed E-state index contributed by atoms with van der Waals surface area (Å²) in [5, 5.41) is 12.6. The number of benzene rings is 1. The fraction of sp³-hybridized carbons (Fsp3) is 0.522. The lowest BCUT2D eigenvalue weighted by atomic mass is 10.0. The average molecular weight is 477 g/mol. The molecule has 1 heterocycles. The van der Waals surface area contributed by atoms with Crippen LogP contribution in [0.25, 0.3) is 0 Å². The summed E-state index contributed by atoms with van der Waals surface area (Å²) in [6, 6.07) is 6.78. The number of rotatable bonds is 9. The third kappa shape index (κ3) is 7.05. The monoisotopic (exact) mass is 476 g/mol. The number of aromatic nitrogens is 2. The molecule has 33 heavy (non-hydrogen) atoms. The number of hydrogen-bond acceptors (Lipinski definition) is 6. The number of aryl methyl sites for hydroxylation is 1. The topological polar surface area (TPSA) is 130 Å². The van der Waals surface area contributed by atoms with Crippen molar-refractivity contribution in [2.75, 3.05) is 24.7 Å². The van der Waals surface area contributed by atoms with Crippen LogP contribution in [0.1, 0.15) is 55.3 Å². The van der Waals surface area contributed by atoms with Crippen molar-refractivity contribution in [2.45, 2.75) is 56.8 Å². The number of ether oxygens (including phenoxy) is 1. The van der Waals surface area contributed by atoms with E-state index in [2.05, 4.69) is 20.8 Å². The Morgan fingerprint density at radius 3 is 2.76 bits per heavy atom. The number of alkyl carbamates (subject to hydrolysis) is 1. The van der Waals surface area contributed by atoms with Crippen molar-refractivity contribution in [1.82, 2.24) is 15.5 Å². The molecule has 0 saturated heterocycles. The quantitative estimate of drug-likeness (QED) is 0.509. The molecule has 1 aliphatic rings. The molecule has 180 valence electrons. The predicted molar refractivity (Wildman–Crippen MR) is 125 cm³/mol. The first-order valence-electron chi connectivity index (χ1n) is 11.2. The van der Waals surface area contributed by atoms with E-state index in [1.807, 2.05) is 19.9 Å². The fourth-order valence-corrected chi connectivity index (χ4v) is 5.08. The highest BCUT2D eigenvalue weighted by Gasteiger charge is 2.28. The Morgan fingerprint density at radius 2 is 2.03 bits per heavy atom. The molecule has 1 fully saturated rings. The van der Waals surface area contributed by atoms with Gasteiger partial charge in [0.25, 0.3) is 0 Å². The number of H-pyrrole nitrogens is 1. The van der Waals surface area contributed by atoms with E-state index in [9.17, 15) is 18.0 Å². The normalized spacial score (nSPS) is 18.2. The van der Waals surface area contributed by atoms with Gasteiger partial charge in [-0.15, -0.1) is 0 Å². The first-order chi connectivity index (χ1) is 15.7. The van der Waals surface area contributed by atoms with E-state index in [0.717, 1.165) is 43.2 Å². The fourth-order valence-electron chi connectivity index (χ4n) is 4.16. The zero-order valence-corrected chi connectivity index (χ0v) is 20.1. The second-order valence-corrected chi connectivity index (χ2v) is 10.7. The highest BCUT2D eigenvalue weighted by Crippen LogP contribution is 2.38. The van der Waals surface area contributed by atoms with Crippen molar-refractivity contribution in [2.24, 2.45) is 5.92 Å². The molecule has 3 N–H and O–H groups in total. The molecular formula is C23H32N4O5S. The van der Waals surface area contributed by atoms with Gasteiger partial charge in [-0.3, -0.25) is 9.89 Å². The van der Waals surface area contributed by atoms with Crippen LogP contribution in [-0.4, -0.2) is 50.0 Å². The molecule has 0 radical (unpaired) electrons. The smallest absolute Gasteiger partial charge is 0.407 e. The van der Waals surface area contributed by atoms with Crippen molar-refractivity contribution in [1.29, 1.82) is 0 Å². The number of nitrogens with one attached hydrogen (secondary N) is 3. The van der Waals surface area contributed by atoms with Gasteiger partial charge in [0.15, 0.2) is 15.7 Å². The Balaban J connectivity index is 1.54. The third-order valence-electron chi connectivity index (χ3n) is 5.78. The maximum atomic E-state index is 12.6. The minimum absolute atomic E-state index is 0.0603. The predicted octanol–water partition coefficient (Wildman–Crippen LogP) is 3.32. The molecule has 1 saturated carbocycles. The first-order valence-corrected chi connectivity index (χ1v) is 13.1. The van der Waals surface area contributed by atoms with Crippen LogP contribution in [0.2, 0.25) is 0 Å². The van der Waals surface area contributed by atoms with E-state index < -0.39 is 9.84 Å². The largest absolute Gasteiger partial charge is 0.449 e. The Bertz CT molecular complexity index is 1100. The number of sulfone groups is 1. The number of carbonyl (C=O) groups is 2. The van der Waals surface area contributed by atoms with Crippen LogP contribution in [0.15, 0.2) is 29.2 Å². The molecule has 2 atom stereocenters. The van der Waals surface area contributed by atoms with Crippen LogP contribution < -0.4 is 10.6 Å². The van der Waals surface area contributed by atoms with Crippen LogP contribution in [0.3, 0.4) is 0 Å². The van der Waals surface area contributed by atoms with E-state index in [0.29, 0.717) is 30.5 Å². The number of hydrogen-bond donors (Lipinski definition) is 3. The molecule has 10 heteroatoms. The van der Waals surface area contributed by atoms with Gasteiger partial charge in [-0.1, -0.05) is 24.6 Å². The third-order valence-corrected chi connectivity index (χ3v) is 6.98. The second-order valence-electron chi connectivity index (χ2n) is 8.72. The minimum Gasteiger partial charge on any atom is -0.449 e. The van der Waals surface area contributed by atoms with Gasteiger partial charge in [0.05, 0.1) is 17.9 Å². The summed E-state index contributed by atoms with van der Waals surface area (Å²) in [5.41, 5.74) is 2.28. The maximum Gasteiger partial charge on any atom is 0.407 e. The van der Waals surface area contributed by atoms with Gasteiger partial charge in [0, 0.05) is 30.5 Å². The molecule has 1 aromatic heterocycles. The molecule has 2 amide bonds. The van der Waals surface area contributed by atoms with Crippen LogP contribution in [0, 0.1) is 12.8 Å². The standard InChI is InChI=1S/C23H32N4O5S/c1-4-9-24-23(29)32-14-16-6-7-17(11-16)19-13-21(27-26-19)25-22(28)12-18-10-15(2)5-8-20(18)33(3,30)31/h5,8,10,13,16-17H,4,6-7,9,11-12,14H2,1-3H3,(H,24,29)(H2,25,26,27,28)/t16?,17-/m0/s1. The zero-order chi connectivity index (χ0) is 24.0. The molecular weight excluding hydrogens is 444 g/mol. The average Bonchev–Trinajstić information content (AvgIpc) is 3.39. The molecule has 1 aliphatic carbocycles. The summed E-state index contributed by atoms with van der Waals surface area (Å²) < 4.78 is 29.4. The highest BCUT2D eigenvalue weighted by atomic mass is 32.2. The molecule has 9 nitrogen and oxygen atoms in total. The Kier molecular flexibility index (Phi) is 8.12. The summed E-state index contributed by atoms with van der Waals surface area (Å²) in [5.74, 6) is 0.616.